The summed E-state index contributed by atoms with van der Waals surface area (Å²) in [6.07, 6.45) is -3.14. The van der Waals surface area contributed by atoms with Crippen molar-refractivity contribution in [2.24, 2.45) is 10.8 Å². The number of hydrazone groups is 1. The number of hydrogen-bond acceptors (Lipinski definition) is 6. The molecule has 1 heterocycles. The third-order valence-electron chi connectivity index (χ3n) is 2.91. The van der Waals surface area contributed by atoms with Crippen LogP contribution in [0, 0.1) is 16.7 Å². The van der Waals surface area contributed by atoms with Crippen LogP contribution in [0.4, 0.5) is 18.9 Å². The van der Waals surface area contributed by atoms with Gasteiger partial charge in [-0.05, 0) is 30.3 Å². The number of rotatable bonds is 6. The molecule has 1 aromatic heterocycles. The summed E-state index contributed by atoms with van der Waals surface area (Å²) in [6, 6.07) is 7.57. The molecule has 25 heavy (non-hydrogen) atoms. The topological polar surface area (TPSA) is 120 Å². The first-order chi connectivity index (χ1) is 11.8. The normalized spacial score (nSPS) is 11.7. The molecule has 2 rings (SSSR count). The van der Waals surface area contributed by atoms with Crippen LogP contribution < -0.4 is 15.9 Å². The smallest absolute Gasteiger partial charge is 0.416 e. The fraction of sp³-hybridized carbons (Fsp3) is 0.133. The highest BCUT2D eigenvalue weighted by Gasteiger charge is 2.31. The second-order valence-electron chi connectivity index (χ2n) is 4.67. The molecule has 0 saturated carbocycles. The van der Waals surface area contributed by atoms with E-state index in [0.717, 1.165) is 18.2 Å². The number of nitriles is 1. The van der Waals surface area contributed by atoms with Crippen molar-refractivity contribution in [1.82, 2.24) is 0 Å². The summed E-state index contributed by atoms with van der Waals surface area (Å²) in [7, 11) is 0. The molecule has 0 bridgehead atoms. The van der Waals surface area contributed by atoms with E-state index in [2.05, 4.69) is 10.5 Å². The van der Waals surface area contributed by atoms with E-state index in [-0.39, 0.29) is 18.0 Å². The minimum Gasteiger partial charge on any atom is -0.483 e. The third-order valence-corrected chi connectivity index (χ3v) is 2.91. The van der Waals surface area contributed by atoms with E-state index in [1.165, 1.54) is 6.26 Å². The van der Waals surface area contributed by atoms with Crippen LogP contribution in [-0.2, 0) is 12.8 Å². The average Bonchev–Trinajstić information content (AvgIpc) is 3.06. The second kappa shape index (κ2) is 7.39. The van der Waals surface area contributed by atoms with E-state index in [4.69, 9.17) is 25.6 Å². The Morgan fingerprint density at radius 1 is 1.40 bits per heavy atom. The molecule has 0 spiro atoms. The molecule has 0 aliphatic heterocycles. The number of nitrogens with zero attached hydrogens (tertiary/aromatic N) is 2. The maximum Gasteiger partial charge on any atom is 0.416 e. The number of anilines is 1. The maximum absolute atomic E-state index is 12.9. The van der Waals surface area contributed by atoms with Crippen molar-refractivity contribution >= 4 is 17.2 Å². The van der Waals surface area contributed by atoms with Gasteiger partial charge in [-0.1, -0.05) is 0 Å². The van der Waals surface area contributed by atoms with Gasteiger partial charge in [0.05, 0.1) is 17.5 Å². The Hall–Kier alpha value is -3.48. The standard InChI is InChI=1S/C15H12F3N5O2/c16-15(17,18)9-3-4-13(25-8-10-2-1-5-24-10)11(6-9)22-23-12(7-19)14(20)21/h1-6,22H,8H2,(H3,20,21)/b23-12+. The van der Waals surface area contributed by atoms with E-state index in [9.17, 15) is 13.2 Å². The zero-order valence-electron chi connectivity index (χ0n) is 12.6. The Kier molecular flexibility index (Phi) is 5.28. The summed E-state index contributed by atoms with van der Waals surface area (Å²) in [5.41, 5.74) is 5.86. The first-order valence-electron chi connectivity index (χ1n) is 6.76. The van der Waals surface area contributed by atoms with Crippen LogP contribution in [0.25, 0.3) is 0 Å². The van der Waals surface area contributed by atoms with Crippen molar-refractivity contribution in [3.8, 4) is 11.8 Å². The van der Waals surface area contributed by atoms with Gasteiger partial charge in [-0.25, -0.2) is 0 Å². The lowest BCUT2D eigenvalue weighted by Gasteiger charge is -2.13. The quantitative estimate of drug-likeness (QED) is 0.419. The maximum atomic E-state index is 12.9. The molecular formula is C15H12F3N5O2. The molecule has 2 aromatic rings. The summed E-state index contributed by atoms with van der Waals surface area (Å²) in [6.45, 7) is -0.0193. The average molecular weight is 351 g/mol. The highest BCUT2D eigenvalue weighted by molar-refractivity contribution is 6.45. The highest BCUT2D eigenvalue weighted by Crippen LogP contribution is 2.35. The lowest BCUT2D eigenvalue weighted by atomic mass is 10.2. The van der Waals surface area contributed by atoms with Crippen molar-refractivity contribution < 1.29 is 22.3 Å². The van der Waals surface area contributed by atoms with Crippen molar-refractivity contribution in [3.05, 3.63) is 47.9 Å². The van der Waals surface area contributed by atoms with Crippen molar-refractivity contribution in [1.29, 1.82) is 10.7 Å². The lowest BCUT2D eigenvalue weighted by molar-refractivity contribution is -0.137. The zero-order chi connectivity index (χ0) is 18.4. The summed E-state index contributed by atoms with van der Waals surface area (Å²) in [5, 5.41) is 19.5. The van der Waals surface area contributed by atoms with E-state index in [1.807, 2.05) is 0 Å². The molecule has 4 N–H and O–H groups in total. The number of furan rings is 1. The van der Waals surface area contributed by atoms with Gasteiger partial charge in [0.15, 0.2) is 5.84 Å². The number of hydrogen-bond donors (Lipinski definition) is 3. The van der Waals surface area contributed by atoms with Gasteiger partial charge < -0.3 is 14.9 Å². The van der Waals surface area contributed by atoms with Gasteiger partial charge in [0.25, 0.3) is 0 Å². The minimum atomic E-state index is -4.57. The van der Waals surface area contributed by atoms with Crippen molar-refractivity contribution in [2.75, 3.05) is 5.43 Å². The molecule has 0 fully saturated rings. The Morgan fingerprint density at radius 2 is 2.16 bits per heavy atom. The largest absolute Gasteiger partial charge is 0.483 e. The van der Waals surface area contributed by atoms with Crippen LogP contribution in [-0.4, -0.2) is 11.5 Å². The van der Waals surface area contributed by atoms with Gasteiger partial charge >= 0.3 is 6.18 Å². The second-order valence-corrected chi connectivity index (χ2v) is 4.67. The van der Waals surface area contributed by atoms with Crippen LogP contribution in [0.2, 0.25) is 0 Å². The Labute approximate surface area is 140 Å². The number of benzene rings is 1. The Bertz CT molecular complexity index is 823. The molecule has 10 heteroatoms. The molecule has 0 aliphatic carbocycles. The molecule has 0 unspecified atom stereocenters. The number of amidine groups is 1. The molecule has 0 radical (unpaired) electrons. The third kappa shape index (κ3) is 4.74. The molecule has 130 valence electrons. The minimum absolute atomic E-state index is 0.0193. The SMILES string of the molecule is N#C/C(=N\Nc1cc(C(F)(F)F)ccc1OCc1ccco1)C(=N)N. The highest BCUT2D eigenvalue weighted by atomic mass is 19.4. The summed E-state index contributed by atoms with van der Waals surface area (Å²) in [4.78, 5) is 0. The molecule has 1 aromatic carbocycles. The van der Waals surface area contributed by atoms with Gasteiger partial charge in [-0.15, -0.1) is 0 Å². The van der Waals surface area contributed by atoms with Crippen LogP contribution in [0.3, 0.4) is 0 Å². The molecule has 0 aliphatic rings. The van der Waals surface area contributed by atoms with Crippen LogP contribution in [0.15, 0.2) is 46.1 Å². The van der Waals surface area contributed by atoms with Gasteiger partial charge in [-0.2, -0.15) is 23.5 Å². The Balaban J connectivity index is 2.31. The summed E-state index contributed by atoms with van der Waals surface area (Å²) >= 11 is 0. The van der Waals surface area contributed by atoms with E-state index in [0.29, 0.717) is 5.76 Å². The van der Waals surface area contributed by atoms with Crippen LogP contribution in [0.1, 0.15) is 11.3 Å². The molecule has 7 nitrogen and oxygen atoms in total. The number of nitrogens with two attached hydrogens (primary N) is 1. The predicted molar refractivity (Wildman–Crippen MR) is 83.1 cm³/mol. The molecule has 0 amide bonds. The number of alkyl halides is 3. The summed E-state index contributed by atoms with van der Waals surface area (Å²) < 4.78 is 49.1. The zero-order valence-corrected chi connectivity index (χ0v) is 12.6. The molecule has 0 saturated heterocycles. The lowest BCUT2D eigenvalue weighted by Crippen LogP contribution is -2.22. The van der Waals surface area contributed by atoms with Crippen molar-refractivity contribution in [3.63, 3.8) is 0 Å². The monoisotopic (exact) mass is 351 g/mol. The number of halogens is 3. The van der Waals surface area contributed by atoms with Gasteiger partial charge in [0.1, 0.15) is 24.2 Å². The van der Waals surface area contributed by atoms with Crippen molar-refractivity contribution in [2.45, 2.75) is 12.8 Å². The number of ether oxygens (including phenoxy) is 1. The first-order valence-corrected chi connectivity index (χ1v) is 6.76. The van der Waals surface area contributed by atoms with E-state index < -0.39 is 23.3 Å². The summed E-state index contributed by atoms with van der Waals surface area (Å²) in [5.74, 6) is -0.107. The fourth-order valence-electron chi connectivity index (χ4n) is 1.72. The fourth-order valence-corrected chi connectivity index (χ4v) is 1.72. The van der Waals surface area contributed by atoms with Gasteiger partial charge in [0, 0.05) is 0 Å². The van der Waals surface area contributed by atoms with Crippen LogP contribution in [0.5, 0.6) is 5.75 Å². The van der Waals surface area contributed by atoms with E-state index >= 15 is 0 Å². The van der Waals surface area contributed by atoms with Crippen LogP contribution >= 0.6 is 0 Å². The molecular weight excluding hydrogens is 339 g/mol. The van der Waals surface area contributed by atoms with Gasteiger partial charge in [0.2, 0.25) is 5.71 Å². The first kappa shape index (κ1) is 17.9. The molecule has 0 atom stereocenters. The predicted octanol–water partition coefficient (Wildman–Crippen LogP) is 3.10. The Morgan fingerprint density at radius 3 is 2.72 bits per heavy atom. The van der Waals surface area contributed by atoms with Gasteiger partial charge in [-0.3, -0.25) is 10.8 Å². The van der Waals surface area contributed by atoms with E-state index in [1.54, 1.807) is 18.2 Å². The number of nitrogens with one attached hydrogen (secondary N) is 2.